The number of ether oxygens (including phenoxy) is 6. The first-order chi connectivity index (χ1) is 69.9. The number of aromatic amines is 5. The minimum Gasteiger partial charge on any atom is -0.497 e. The molecule has 0 radical (unpaired) electrons. The highest BCUT2D eigenvalue weighted by atomic mass is 79.9. The molecule has 748 valence electrons. The van der Waals surface area contributed by atoms with Crippen LogP contribution in [0.5, 0.6) is 23.0 Å². The van der Waals surface area contributed by atoms with Crippen molar-refractivity contribution in [1.29, 1.82) is 0 Å². The summed E-state index contributed by atoms with van der Waals surface area (Å²) in [6.45, 7) is 11.9. The van der Waals surface area contributed by atoms with Gasteiger partial charge in [-0.2, -0.15) is 0 Å². The largest absolute Gasteiger partial charge is 0.497 e. The van der Waals surface area contributed by atoms with E-state index < -0.39 is 0 Å². The first-order valence-corrected chi connectivity index (χ1v) is 53.6. The molecule has 0 spiro atoms. The van der Waals surface area contributed by atoms with Crippen molar-refractivity contribution >= 4 is 186 Å². The quantitative estimate of drug-likeness (QED) is 0.0454. The number of fused-ring (bicyclic) bond motifs is 15. The SMILES string of the molecule is CCOC(=O)N1CCc2[nH]c3ccc(Br)cc3c2C1.COc1ccc(C2NC(C(=O)N3CCN(C(C)=O)CC3)Cc3c2[nH]c2ccc(Br)cc32)cc1.COc1ccc(C2NC(C(=O)N3CCOCC3)Cc3c2[nH]c2ccc(Br)cc32)cc1.COc1ccc(C2NC(C(=O)NC3CCCCC3)Cc3c2[nH]c2ccc(Br)cc32)cc1.COc1ccc(C2NC(C(=O)Nc3ncc(C)s3)Cc3c2[nH]c2ccc(Br)cc32)cc1. The number of nitrogens with one attached hydrogen (secondary N) is 11. The van der Waals surface area contributed by atoms with Gasteiger partial charge in [-0.05, 0) is 236 Å². The zero-order chi connectivity index (χ0) is 100. The van der Waals surface area contributed by atoms with Crippen LogP contribution in [0.1, 0.15) is 154 Å². The van der Waals surface area contributed by atoms with E-state index in [1.165, 1.54) is 74.7 Å². The molecule has 6 amide bonds. The number of rotatable bonds is 15. The first-order valence-electron chi connectivity index (χ1n) is 48.9. The molecule has 7 aliphatic heterocycles. The standard InChI is InChI=1S/C25H27BrN4O3.C25H28BrN3O2.C23H21BrN4O2S.C23H24BrN3O3.C14H15BrN2O2/c1-15(31)29-9-11-30(12-10-29)25(32)22-14-20-19-13-17(26)5-8-21(19)27-24(20)23(28-22)16-3-6-18(33-2)7-4-16;1-31-18-10-7-15(8-11-18)23-24-20(19-13-16(26)9-12-21(19)28-24)14-22(29-23)25(30)27-17-5-3-2-4-6-17;1-12-11-25-23(31-12)28-22(29)19-10-17-16-9-14(24)5-8-18(16)26-21(17)20(27-19)13-3-6-15(30-2)7-4-13;1-29-16-5-2-14(3-6-16)21-22-18(17-12-15(24)4-7-19(17)25-22)13-20(26-21)23(28)27-8-10-30-11-9-27;1-2-19-14(18)17-6-5-13-11(8-17)10-7-9(15)3-4-12(10)16-13/h3-8,13,22-23,27-28H,9-12,14H2,1-2H3;7-13,17,22-23,28-29H,2-6,14H2,1H3,(H,27,30);3-9,11,19-20,26-27H,10H2,1-2H3,(H,25,28,29);2-7,12,20-21,25-26H,8-11,13H2,1H3;3-4,7,16H,2,5-6,8H2,1H3. The summed E-state index contributed by atoms with van der Waals surface area (Å²) in [7, 11) is 6.65. The molecule has 1 aliphatic carbocycles. The van der Waals surface area contributed by atoms with Gasteiger partial charge in [0.15, 0.2) is 5.13 Å². The number of methoxy groups -OCH3 is 4. The predicted molar refractivity (Wildman–Crippen MR) is 580 cm³/mol. The van der Waals surface area contributed by atoms with Gasteiger partial charge in [-0.3, -0.25) is 45.2 Å². The van der Waals surface area contributed by atoms with Crippen LogP contribution in [0.2, 0.25) is 0 Å². The molecule has 34 heteroatoms. The number of aromatic nitrogens is 6. The molecule has 1 saturated carbocycles. The molecule has 3 fully saturated rings. The van der Waals surface area contributed by atoms with Gasteiger partial charge >= 0.3 is 6.09 Å². The van der Waals surface area contributed by atoms with E-state index in [1.54, 1.807) is 51.4 Å². The molecular formula is C110H115Br5N16O12S. The Balaban J connectivity index is 0.000000115. The zero-order valence-corrected chi connectivity index (χ0v) is 89.7. The van der Waals surface area contributed by atoms with Crippen molar-refractivity contribution in [2.24, 2.45) is 0 Å². The highest BCUT2D eigenvalue weighted by Crippen LogP contribution is 2.44. The number of benzene rings is 9. The number of H-pyrrole nitrogens is 5. The third-order valence-electron chi connectivity index (χ3n) is 28.5. The molecule has 8 aliphatic rings. The van der Waals surface area contributed by atoms with E-state index in [2.05, 4.69) is 226 Å². The van der Waals surface area contributed by atoms with Gasteiger partial charge < -0.3 is 83.6 Å². The van der Waals surface area contributed by atoms with Gasteiger partial charge in [0.05, 0.1) is 103 Å². The van der Waals surface area contributed by atoms with Crippen molar-refractivity contribution in [2.45, 2.75) is 146 Å². The Labute approximate surface area is 880 Å². The fraction of sp³-hybridized carbons (Fsp3) is 0.336. The van der Waals surface area contributed by atoms with E-state index in [4.69, 9.17) is 28.4 Å². The third-order valence-corrected chi connectivity index (χ3v) is 31.8. The summed E-state index contributed by atoms with van der Waals surface area (Å²) >= 11 is 19.3. The summed E-state index contributed by atoms with van der Waals surface area (Å²) in [5.74, 6) is 3.57. The maximum absolute atomic E-state index is 13.6. The minimum atomic E-state index is -0.387. The van der Waals surface area contributed by atoms with Crippen LogP contribution in [-0.4, -0.2) is 209 Å². The molecule has 8 atom stereocenters. The summed E-state index contributed by atoms with van der Waals surface area (Å²) in [5, 5.41) is 27.1. The number of halogens is 5. The Bertz CT molecular complexity index is 7210. The van der Waals surface area contributed by atoms with Crippen LogP contribution in [0, 0.1) is 6.92 Å². The molecule has 8 unspecified atom stereocenters. The van der Waals surface area contributed by atoms with Gasteiger partial charge in [0.2, 0.25) is 29.5 Å². The Morgan fingerprint density at radius 1 is 0.417 bits per heavy atom. The lowest BCUT2D eigenvalue weighted by atomic mass is 9.89. The van der Waals surface area contributed by atoms with Crippen molar-refractivity contribution in [3.05, 3.63) is 300 Å². The van der Waals surface area contributed by atoms with Gasteiger partial charge in [0.25, 0.3) is 0 Å². The van der Waals surface area contributed by atoms with Gasteiger partial charge in [-0.1, -0.05) is 147 Å². The lowest BCUT2D eigenvalue weighted by Gasteiger charge is -2.38. The van der Waals surface area contributed by atoms with Crippen molar-refractivity contribution in [3.8, 4) is 23.0 Å². The number of carbonyl (C=O) groups is 6. The van der Waals surface area contributed by atoms with Crippen LogP contribution >= 0.6 is 91.0 Å². The lowest BCUT2D eigenvalue weighted by molar-refractivity contribution is -0.140. The molecule has 15 aromatic rings. The minimum absolute atomic E-state index is 0.0615. The molecule has 11 N–H and O–H groups in total. The van der Waals surface area contributed by atoms with Crippen LogP contribution in [0.15, 0.2) is 217 Å². The Morgan fingerprint density at radius 3 is 1.12 bits per heavy atom. The van der Waals surface area contributed by atoms with Crippen molar-refractivity contribution < 1.29 is 57.2 Å². The number of morpholine rings is 1. The third kappa shape index (κ3) is 22.3. The highest BCUT2D eigenvalue weighted by Gasteiger charge is 2.42. The monoisotopic (exact) mass is 2280 g/mol. The van der Waals surface area contributed by atoms with Gasteiger partial charge in [0, 0.05) is 187 Å². The molecule has 0 bridgehead atoms. The van der Waals surface area contributed by atoms with Gasteiger partial charge in [0.1, 0.15) is 23.0 Å². The predicted octanol–water partition coefficient (Wildman–Crippen LogP) is 20.0. The second kappa shape index (κ2) is 45.1. The first kappa shape index (κ1) is 101. The van der Waals surface area contributed by atoms with Crippen LogP contribution in [0.3, 0.4) is 0 Å². The molecule has 2 saturated heterocycles. The van der Waals surface area contributed by atoms with Crippen molar-refractivity contribution in [2.75, 3.05) is 99.4 Å². The Hall–Kier alpha value is -11.7. The maximum atomic E-state index is 13.6. The Kier molecular flexibility index (Phi) is 31.7. The van der Waals surface area contributed by atoms with E-state index in [0.29, 0.717) is 109 Å². The summed E-state index contributed by atoms with van der Waals surface area (Å²) in [5.41, 5.74) is 21.4. The molecule has 9 aromatic carbocycles. The summed E-state index contributed by atoms with van der Waals surface area (Å²) in [6, 6.07) is 61.8. The van der Waals surface area contributed by atoms with E-state index in [-0.39, 0.29) is 84.0 Å². The molecule has 23 rings (SSSR count). The number of anilines is 1. The number of nitrogens with zero attached hydrogens (tertiary/aromatic N) is 5. The fourth-order valence-electron chi connectivity index (χ4n) is 21.1. The fourth-order valence-corrected chi connectivity index (χ4v) is 23.6. The average molecular weight is 2280 g/mol. The molecular weight excluding hydrogens is 2170 g/mol. The number of aryl methyl sites for hydroxylation is 1. The zero-order valence-electron chi connectivity index (χ0n) is 81.0. The number of thiazole rings is 1. The second-order valence-corrected chi connectivity index (χ2v) is 43.2. The number of carbonyl (C=O) groups excluding carboxylic acids is 6. The molecule has 28 nitrogen and oxygen atoms in total. The highest BCUT2D eigenvalue weighted by molar-refractivity contribution is 9.11. The van der Waals surface area contributed by atoms with Crippen molar-refractivity contribution in [3.63, 3.8) is 0 Å². The molecule has 144 heavy (non-hydrogen) atoms. The molecule has 6 aromatic heterocycles. The second-order valence-electron chi connectivity index (χ2n) is 37.4. The topological polar surface area (TPSA) is 335 Å². The molecule has 13 heterocycles. The normalized spacial score (nSPS) is 19.6. The van der Waals surface area contributed by atoms with Gasteiger partial charge in [-0.15, -0.1) is 11.3 Å². The Morgan fingerprint density at radius 2 is 0.764 bits per heavy atom. The summed E-state index contributed by atoms with van der Waals surface area (Å²) < 4.78 is 37.0. The number of piperazine rings is 1. The average Bonchev–Trinajstić information content (AvgIpc) is 1.52. The summed E-state index contributed by atoms with van der Waals surface area (Å²) in [4.78, 5) is 107. The van der Waals surface area contributed by atoms with Crippen LogP contribution in [0.25, 0.3) is 54.5 Å². The van der Waals surface area contributed by atoms with Crippen LogP contribution < -0.4 is 50.8 Å². The maximum Gasteiger partial charge on any atom is 0.410 e. The van der Waals surface area contributed by atoms with E-state index in [9.17, 15) is 28.8 Å². The van der Waals surface area contributed by atoms with Crippen LogP contribution in [0.4, 0.5) is 9.93 Å². The van der Waals surface area contributed by atoms with E-state index in [1.807, 2.05) is 127 Å². The van der Waals surface area contributed by atoms with Gasteiger partial charge in [-0.25, -0.2) is 9.78 Å². The number of amides is 6. The van der Waals surface area contributed by atoms with Crippen molar-refractivity contribution in [1.82, 2.24) is 76.1 Å². The van der Waals surface area contributed by atoms with E-state index in [0.717, 1.165) is 158 Å². The van der Waals surface area contributed by atoms with E-state index >= 15 is 0 Å². The lowest BCUT2D eigenvalue weighted by Crippen LogP contribution is -2.56. The number of hydrogen-bond acceptors (Lipinski definition) is 18. The smallest absolute Gasteiger partial charge is 0.410 e. The number of hydrogen-bond donors (Lipinski definition) is 11. The summed E-state index contributed by atoms with van der Waals surface area (Å²) in [6.07, 6.45) is 10.8. The van der Waals surface area contributed by atoms with Crippen LogP contribution in [-0.2, 0) is 72.1 Å².